The Morgan fingerprint density at radius 1 is 0.609 bits per heavy atom. The van der Waals surface area contributed by atoms with Crippen molar-refractivity contribution in [1.82, 2.24) is 14.1 Å². The molecule has 5 aromatic carbocycles. The van der Waals surface area contributed by atoms with Crippen LogP contribution in [-0.2, 0) is 5.41 Å². The maximum Gasteiger partial charge on any atom is 0.254 e. The molecule has 2 aliphatic rings. The van der Waals surface area contributed by atoms with Crippen LogP contribution >= 0.6 is 0 Å². The maximum atomic E-state index is 6.92. The molecular formula is C64H69N4O+. The molecule has 0 bridgehead atoms. The highest BCUT2D eigenvalue weighted by Crippen LogP contribution is 2.44. The molecule has 8 aromatic rings. The number of benzene rings is 5. The van der Waals surface area contributed by atoms with Gasteiger partial charge in [0.05, 0.1) is 11.0 Å². The normalized spacial score (nSPS) is 17.1. The van der Waals surface area contributed by atoms with E-state index in [4.69, 9.17) is 9.72 Å². The van der Waals surface area contributed by atoms with Gasteiger partial charge in [0.1, 0.15) is 28.7 Å². The first kappa shape index (κ1) is 46.0. The monoisotopic (exact) mass is 910 g/mol. The van der Waals surface area contributed by atoms with E-state index in [0.29, 0.717) is 11.8 Å². The van der Waals surface area contributed by atoms with Gasteiger partial charge in [-0.3, -0.25) is 4.57 Å². The molecule has 0 unspecified atom stereocenters. The van der Waals surface area contributed by atoms with Gasteiger partial charge in [0.25, 0.3) is 6.33 Å². The zero-order chi connectivity index (χ0) is 48.6. The van der Waals surface area contributed by atoms with Gasteiger partial charge in [0, 0.05) is 41.1 Å². The standard InChI is InChI=1S/C64H69N4O/c1-61(2,3)45-22-16-21-44(33-45)53-25-18-26-57-60(53)67(50-36-47(63(7,8)9)35-48(37-50)64(10,11)12)41-66(57)49-23-17-24-51(39-49)69-52-28-29-54-55-34-43(42-19-14-13-15-20-42)27-30-56(55)68(58(54)40-52)59-38-46(31-32-65-59)62(4,5)6/h13-32,34-36,38-41,45,48H,33,37H2,1-12H3/q+1/t45-,48-/m0/s1. The van der Waals surface area contributed by atoms with Crippen molar-refractivity contribution in [2.75, 3.05) is 0 Å². The lowest BCUT2D eigenvalue weighted by Crippen LogP contribution is -2.36. The number of rotatable bonds is 7. The molecule has 0 aliphatic heterocycles. The number of allylic oxidation sites excluding steroid dienone is 8. The Morgan fingerprint density at radius 2 is 1.36 bits per heavy atom. The van der Waals surface area contributed by atoms with E-state index in [9.17, 15) is 0 Å². The van der Waals surface area contributed by atoms with Crippen molar-refractivity contribution in [3.05, 3.63) is 181 Å². The Balaban J connectivity index is 1.10. The number of fused-ring (bicyclic) bond motifs is 4. The largest absolute Gasteiger partial charge is 0.457 e. The minimum atomic E-state index is -0.0312. The number of pyridine rings is 1. The quantitative estimate of drug-likeness (QED) is 0.149. The van der Waals surface area contributed by atoms with Crippen LogP contribution in [0.5, 0.6) is 11.5 Å². The van der Waals surface area contributed by atoms with Gasteiger partial charge in [-0.05, 0) is 128 Å². The molecule has 0 spiro atoms. The molecule has 0 fully saturated rings. The van der Waals surface area contributed by atoms with E-state index >= 15 is 0 Å². The minimum absolute atomic E-state index is 0.00861. The highest BCUT2D eigenvalue weighted by atomic mass is 16.5. The summed E-state index contributed by atoms with van der Waals surface area (Å²) in [6.45, 7) is 28.0. The lowest BCUT2D eigenvalue weighted by atomic mass is 9.71. The van der Waals surface area contributed by atoms with Crippen LogP contribution in [0.2, 0.25) is 0 Å². The van der Waals surface area contributed by atoms with E-state index in [-0.39, 0.29) is 21.7 Å². The third kappa shape index (κ3) is 8.93. The molecule has 69 heavy (non-hydrogen) atoms. The fourth-order valence-corrected chi connectivity index (χ4v) is 10.3. The number of aromatic nitrogens is 4. The third-order valence-corrected chi connectivity index (χ3v) is 14.7. The zero-order valence-corrected chi connectivity index (χ0v) is 42.9. The zero-order valence-electron chi connectivity index (χ0n) is 42.9. The van der Waals surface area contributed by atoms with E-state index in [0.717, 1.165) is 52.3 Å². The van der Waals surface area contributed by atoms with Crippen LogP contribution in [-0.4, -0.2) is 14.1 Å². The Labute approximate surface area is 410 Å². The van der Waals surface area contributed by atoms with Crippen LogP contribution in [0.15, 0.2) is 170 Å². The lowest BCUT2D eigenvalue weighted by Gasteiger charge is -2.34. The van der Waals surface area contributed by atoms with E-state index in [1.165, 1.54) is 55.5 Å². The van der Waals surface area contributed by atoms with Crippen LogP contribution in [0.4, 0.5) is 0 Å². The van der Waals surface area contributed by atoms with Crippen molar-refractivity contribution in [1.29, 1.82) is 0 Å². The van der Waals surface area contributed by atoms with Crippen LogP contribution in [0.3, 0.4) is 0 Å². The van der Waals surface area contributed by atoms with Crippen molar-refractivity contribution in [2.24, 2.45) is 28.1 Å². The predicted octanol–water partition coefficient (Wildman–Crippen LogP) is 17.1. The summed E-state index contributed by atoms with van der Waals surface area (Å²) in [6.07, 6.45) is 18.3. The molecule has 5 nitrogen and oxygen atoms in total. The number of imidazole rings is 1. The Bertz CT molecular complexity index is 3400. The molecule has 2 aliphatic carbocycles. The first-order valence-corrected chi connectivity index (χ1v) is 25.0. The van der Waals surface area contributed by atoms with Crippen molar-refractivity contribution in [2.45, 2.75) is 101 Å². The molecular weight excluding hydrogens is 841 g/mol. The molecule has 10 rings (SSSR count). The summed E-state index contributed by atoms with van der Waals surface area (Å²) in [5, 5.41) is 2.33. The van der Waals surface area contributed by atoms with E-state index in [1.54, 1.807) is 0 Å². The maximum absolute atomic E-state index is 6.92. The fourth-order valence-electron chi connectivity index (χ4n) is 10.3. The number of ether oxygens (including phenoxy) is 1. The SMILES string of the molecule is CC(C)(C)C1=C[C@H](C(C)(C)C)CC([n+]2cn(-c3cccc(Oc4ccc5c6cc(-c7ccccc7)ccc6n(-c6cc(C(C)(C)C)ccn6)c5c4)c3)c3cccc(C4=CC=C[C@H](C(C)(C)C)C4)c32)=C1. The van der Waals surface area contributed by atoms with E-state index in [2.05, 4.69) is 255 Å². The summed E-state index contributed by atoms with van der Waals surface area (Å²) in [7, 11) is 0. The second kappa shape index (κ2) is 17.1. The Kier molecular flexibility index (Phi) is 11.4. The van der Waals surface area contributed by atoms with Gasteiger partial charge in [0.15, 0.2) is 11.0 Å². The second-order valence-electron chi connectivity index (χ2n) is 23.8. The number of nitrogens with zero attached hydrogens (tertiary/aromatic N) is 4. The van der Waals surface area contributed by atoms with Crippen molar-refractivity contribution in [3.63, 3.8) is 0 Å². The summed E-state index contributed by atoms with van der Waals surface area (Å²) in [5.74, 6) is 3.27. The first-order chi connectivity index (χ1) is 32.7. The number of hydrogen-bond acceptors (Lipinski definition) is 2. The van der Waals surface area contributed by atoms with Gasteiger partial charge in [0.2, 0.25) is 0 Å². The smallest absolute Gasteiger partial charge is 0.254 e. The Morgan fingerprint density at radius 3 is 2.10 bits per heavy atom. The summed E-state index contributed by atoms with van der Waals surface area (Å²) >= 11 is 0. The van der Waals surface area contributed by atoms with Crippen LogP contribution in [0.1, 0.15) is 107 Å². The fraction of sp³-hybridized carbons (Fsp3) is 0.312. The Hall–Kier alpha value is -6.72. The molecule has 3 aromatic heterocycles. The van der Waals surface area contributed by atoms with Crippen LogP contribution in [0, 0.1) is 28.1 Å². The van der Waals surface area contributed by atoms with Crippen LogP contribution < -0.4 is 9.30 Å². The molecule has 350 valence electrons. The lowest BCUT2D eigenvalue weighted by molar-refractivity contribution is -0.556. The first-order valence-electron chi connectivity index (χ1n) is 25.0. The summed E-state index contributed by atoms with van der Waals surface area (Å²) < 4.78 is 14.1. The highest BCUT2D eigenvalue weighted by Gasteiger charge is 2.35. The summed E-state index contributed by atoms with van der Waals surface area (Å²) in [5.41, 5.74) is 14.8. The average molecular weight is 910 g/mol. The summed E-state index contributed by atoms with van der Waals surface area (Å²) in [6, 6.07) is 43.7. The molecule has 0 N–H and O–H groups in total. The number of hydrogen-bond donors (Lipinski definition) is 0. The molecule has 2 atom stereocenters. The van der Waals surface area contributed by atoms with Crippen LogP contribution in [0.25, 0.3) is 66.7 Å². The van der Waals surface area contributed by atoms with Gasteiger partial charge < -0.3 is 4.74 Å². The third-order valence-electron chi connectivity index (χ3n) is 14.7. The molecule has 0 radical (unpaired) electrons. The predicted molar refractivity (Wildman–Crippen MR) is 290 cm³/mol. The van der Waals surface area contributed by atoms with Crippen molar-refractivity contribution in [3.8, 4) is 34.1 Å². The van der Waals surface area contributed by atoms with E-state index < -0.39 is 0 Å². The van der Waals surface area contributed by atoms with Crippen molar-refractivity contribution >= 4 is 44.1 Å². The second-order valence-corrected chi connectivity index (χ2v) is 23.8. The van der Waals surface area contributed by atoms with Crippen molar-refractivity contribution < 1.29 is 9.30 Å². The van der Waals surface area contributed by atoms with E-state index in [1.807, 2.05) is 6.20 Å². The molecule has 0 saturated heterocycles. The minimum Gasteiger partial charge on any atom is -0.457 e. The molecule has 0 amide bonds. The molecule has 3 heterocycles. The van der Waals surface area contributed by atoms with Gasteiger partial charge in [-0.15, -0.1) is 0 Å². The average Bonchev–Trinajstić information content (AvgIpc) is 3.87. The molecule has 0 saturated carbocycles. The van der Waals surface area contributed by atoms with Gasteiger partial charge in [-0.1, -0.05) is 162 Å². The van der Waals surface area contributed by atoms with Gasteiger partial charge in [-0.25, -0.2) is 4.98 Å². The highest BCUT2D eigenvalue weighted by molar-refractivity contribution is 6.10. The summed E-state index contributed by atoms with van der Waals surface area (Å²) in [4.78, 5) is 4.98. The van der Waals surface area contributed by atoms with Gasteiger partial charge >= 0.3 is 0 Å². The molecule has 5 heteroatoms. The number of para-hydroxylation sites is 1. The van der Waals surface area contributed by atoms with Gasteiger partial charge in [-0.2, -0.15) is 9.13 Å². The topological polar surface area (TPSA) is 35.9 Å².